The zero-order chi connectivity index (χ0) is 17.5. The first-order valence-corrected chi connectivity index (χ1v) is 8.76. The second kappa shape index (κ2) is 8.65. The van der Waals surface area contributed by atoms with Crippen LogP contribution in [-0.4, -0.2) is 26.1 Å². The molecule has 0 aliphatic heterocycles. The van der Waals surface area contributed by atoms with Gasteiger partial charge in [-0.3, -0.25) is 0 Å². The molecule has 0 saturated carbocycles. The minimum atomic E-state index is -0.356. The van der Waals surface area contributed by atoms with Gasteiger partial charge in [-0.2, -0.15) is 0 Å². The summed E-state index contributed by atoms with van der Waals surface area (Å²) in [4.78, 5) is 0. The number of ether oxygens (including phenoxy) is 3. The number of hydrogen-bond donors (Lipinski definition) is 0. The van der Waals surface area contributed by atoms with Crippen molar-refractivity contribution in [1.82, 2.24) is 0 Å². The van der Waals surface area contributed by atoms with Crippen molar-refractivity contribution >= 4 is 10.8 Å². The second-order valence-corrected chi connectivity index (χ2v) is 5.68. The van der Waals surface area contributed by atoms with Gasteiger partial charge in [0.15, 0.2) is 6.29 Å². The summed E-state index contributed by atoms with van der Waals surface area (Å²) >= 11 is 0. The molecule has 0 aromatic heterocycles. The van der Waals surface area contributed by atoms with E-state index in [9.17, 15) is 0 Å². The Morgan fingerprint density at radius 1 is 0.760 bits per heavy atom. The molecule has 3 rings (SSSR count). The lowest BCUT2D eigenvalue weighted by Gasteiger charge is -2.20. The first-order chi connectivity index (χ1) is 12.3. The van der Waals surface area contributed by atoms with Crippen LogP contribution in [0.1, 0.15) is 13.8 Å². The molecule has 3 nitrogen and oxygen atoms in total. The Bertz CT molecular complexity index is 793. The van der Waals surface area contributed by atoms with Crippen LogP contribution >= 0.6 is 0 Å². The molecule has 0 fully saturated rings. The Morgan fingerprint density at radius 2 is 1.44 bits per heavy atom. The molecule has 0 bridgehead atoms. The maximum Gasteiger partial charge on any atom is 0.191 e. The van der Waals surface area contributed by atoms with Crippen LogP contribution in [0.15, 0.2) is 66.7 Å². The van der Waals surface area contributed by atoms with E-state index in [1.165, 1.54) is 10.8 Å². The third kappa shape index (κ3) is 4.19. The van der Waals surface area contributed by atoms with E-state index >= 15 is 0 Å². The molecule has 0 amide bonds. The minimum Gasteiger partial charge on any atom is -0.488 e. The van der Waals surface area contributed by atoms with Crippen LogP contribution in [0.3, 0.4) is 0 Å². The van der Waals surface area contributed by atoms with Crippen molar-refractivity contribution in [3.05, 3.63) is 66.7 Å². The van der Waals surface area contributed by atoms with Crippen LogP contribution in [0, 0.1) is 0 Å². The van der Waals surface area contributed by atoms with E-state index in [1.807, 2.05) is 38.1 Å². The van der Waals surface area contributed by atoms with Crippen molar-refractivity contribution in [2.75, 3.05) is 19.8 Å². The first kappa shape index (κ1) is 17.5. The van der Waals surface area contributed by atoms with Crippen LogP contribution < -0.4 is 4.74 Å². The molecule has 3 aromatic rings. The van der Waals surface area contributed by atoms with Gasteiger partial charge in [-0.05, 0) is 36.2 Å². The highest BCUT2D eigenvalue weighted by atomic mass is 16.7. The van der Waals surface area contributed by atoms with E-state index in [0.717, 1.165) is 16.9 Å². The third-order valence-corrected chi connectivity index (χ3v) is 4.03. The van der Waals surface area contributed by atoms with Gasteiger partial charge in [0, 0.05) is 18.8 Å². The normalized spacial score (nSPS) is 11.2. The van der Waals surface area contributed by atoms with Gasteiger partial charge in [-0.15, -0.1) is 0 Å². The van der Waals surface area contributed by atoms with E-state index in [-0.39, 0.29) is 6.29 Å². The lowest BCUT2D eigenvalue weighted by molar-refractivity contribution is -0.152. The monoisotopic (exact) mass is 336 g/mol. The maximum absolute atomic E-state index is 6.12. The summed E-state index contributed by atoms with van der Waals surface area (Å²) in [5, 5.41) is 2.37. The van der Waals surface area contributed by atoms with Gasteiger partial charge in [-0.25, -0.2) is 0 Å². The van der Waals surface area contributed by atoms with Gasteiger partial charge in [-0.1, -0.05) is 60.7 Å². The predicted molar refractivity (Wildman–Crippen MR) is 102 cm³/mol. The largest absolute Gasteiger partial charge is 0.488 e. The Labute approximate surface area is 149 Å². The fraction of sp³-hybridized carbons (Fsp3) is 0.273. The van der Waals surface area contributed by atoms with Gasteiger partial charge < -0.3 is 14.2 Å². The summed E-state index contributed by atoms with van der Waals surface area (Å²) in [5.41, 5.74) is 2.24. The van der Waals surface area contributed by atoms with Crippen molar-refractivity contribution in [3.63, 3.8) is 0 Å². The fourth-order valence-corrected chi connectivity index (χ4v) is 2.95. The van der Waals surface area contributed by atoms with E-state index in [2.05, 4.69) is 42.5 Å². The van der Waals surface area contributed by atoms with Crippen LogP contribution in [0.4, 0.5) is 0 Å². The van der Waals surface area contributed by atoms with Crippen molar-refractivity contribution in [2.45, 2.75) is 20.1 Å². The van der Waals surface area contributed by atoms with Crippen molar-refractivity contribution in [1.29, 1.82) is 0 Å². The Kier molecular flexibility index (Phi) is 6.04. The zero-order valence-corrected chi connectivity index (χ0v) is 14.8. The molecule has 0 aliphatic rings. The van der Waals surface area contributed by atoms with E-state index in [0.29, 0.717) is 19.8 Å². The topological polar surface area (TPSA) is 27.7 Å². The number of benzene rings is 3. The van der Waals surface area contributed by atoms with Gasteiger partial charge in [0.1, 0.15) is 12.4 Å². The third-order valence-electron chi connectivity index (χ3n) is 4.03. The average Bonchev–Trinajstić information content (AvgIpc) is 2.66. The highest BCUT2D eigenvalue weighted by Gasteiger charge is 2.14. The lowest BCUT2D eigenvalue weighted by Crippen LogP contribution is -2.25. The highest BCUT2D eigenvalue weighted by molar-refractivity contribution is 5.99. The van der Waals surface area contributed by atoms with Gasteiger partial charge in [0.25, 0.3) is 0 Å². The highest BCUT2D eigenvalue weighted by Crippen LogP contribution is 2.37. The Hall–Kier alpha value is -2.36. The SMILES string of the molecule is CCOC(COc1ccc2ccccc2c1-c1ccccc1)OCC. The molecule has 0 spiro atoms. The summed E-state index contributed by atoms with van der Waals surface area (Å²) in [5.74, 6) is 0.842. The minimum absolute atomic E-state index is 0.356. The van der Waals surface area contributed by atoms with Crippen LogP contribution in [-0.2, 0) is 9.47 Å². The van der Waals surface area contributed by atoms with E-state index in [4.69, 9.17) is 14.2 Å². The summed E-state index contributed by atoms with van der Waals surface area (Å²) in [6.07, 6.45) is -0.356. The zero-order valence-electron chi connectivity index (χ0n) is 14.8. The fourth-order valence-electron chi connectivity index (χ4n) is 2.95. The molecule has 0 saturated heterocycles. The maximum atomic E-state index is 6.12. The molecule has 0 atom stereocenters. The average molecular weight is 336 g/mol. The van der Waals surface area contributed by atoms with Crippen LogP contribution in [0.2, 0.25) is 0 Å². The second-order valence-electron chi connectivity index (χ2n) is 5.68. The smallest absolute Gasteiger partial charge is 0.191 e. The standard InChI is InChI=1S/C22H24O3/c1-3-23-21(24-4-2)16-25-20-15-14-17-10-8-9-13-19(17)22(20)18-11-6-5-7-12-18/h5-15,21H,3-4,16H2,1-2H3. The van der Waals surface area contributed by atoms with Crippen molar-refractivity contribution in [3.8, 4) is 16.9 Å². The van der Waals surface area contributed by atoms with Gasteiger partial charge in [0.05, 0.1) is 0 Å². The summed E-state index contributed by atoms with van der Waals surface area (Å²) in [6, 6.07) is 22.8. The van der Waals surface area contributed by atoms with E-state index < -0.39 is 0 Å². The quantitative estimate of drug-likeness (QED) is 0.523. The summed E-state index contributed by atoms with van der Waals surface area (Å²) < 4.78 is 17.3. The van der Waals surface area contributed by atoms with E-state index in [1.54, 1.807) is 0 Å². The number of hydrogen-bond acceptors (Lipinski definition) is 3. The molecular weight excluding hydrogens is 312 g/mol. The van der Waals surface area contributed by atoms with Crippen LogP contribution in [0.25, 0.3) is 21.9 Å². The molecule has 0 N–H and O–H groups in total. The van der Waals surface area contributed by atoms with Gasteiger partial charge >= 0.3 is 0 Å². The van der Waals surface area contributed by atoms with Crippen molar-refractivity contribution in [2.24, 2.45) is 0 Å². The first-order valence-electron chi connectivity index (χ1n) is 8.76. The molecule has 130 valence electrons. The molecule has 25 heavy (non-hydrogen) atoms. The number of fused-ring (bicyclic) bond motifs is 1. The number of rotatable bonds is 8. The molecule has 0 aliphatic carbocycles. The molecule has 3 heteroatoms. The summed E-state index contributed by atoms with van der Waals surface area (Å²) in [7, 11) is 0. The molecule has 0 unspecified atom stereocenters. The van der Waals surface area contributed by atoms with Crippen LogP contribution in [0.5, 0.6) is 5.75 Å². The summed E-state index contributed by atoms with van der Waals surface area (Å²) in [6.45, 7) is 5.46. The molecule has 3 aromatic carbocycles. The molecule has 0 heterocycles. The van der Waals surface area contributed by atoms with Gasteiger partial charge in [0.2, 0.25) is 0 Å². The molecular formula is C22H24O3. The van der Waals surface area contributed by atoms with Crippen molar-refractivity contribution < 1.29 is 14.2 Å². The molecule has 0 radical (unpaired) electrons. The Morgan fingerprint density at radius 3 is 2.16 bits per heavy atom. The Balaban J connectivity index is 1.97. The lowest BCUT2D eigenvalue weighted by atomic mass is 9.97. The predicted octanol–water partition coefficient (Wildman–Crippen LogP) is 5.28.